The normalized spacial score (nSPS) is 9.79. The second kappa shape index (κ2) is 6.12. The van der Waals surface area contributed by atoms with E-state index in [9.17, 15) is 4.79 Å². The maximum atomic E-state index is 9.82. The third-order valence-corrected chi connectivity index (χ3v) is 1.64. The molecule has 0 heterocycles. The Balaban J connectivity index is 2.32. The predicted molar refractivity (Wildman–Crippen MR) is 51.5 cm³/mol. The lowest BCUT2D eigenvalue weighted by Crippen LogP contribution is -2.16. The Morgan fingerprint density at radius 2 is 2.07 bits per heavy atom. The molecule has 0 bridgehead atoms. The largest absolute Gasteiger partial charge is 0.497 e. The first kappa shape index (κ1) is 10.7. The van der Waals surface area contributed by atoms with Crippen molar-refractivity contribution < 1.29 is 14.4 Å². The fourth-order valence-corrected chi connectivity index (χ4v) is 0.937. The monoisotopic (exact) mass is 194 g/mol. The van der Waals surface area contributed by atoms with Crippen molar-refractivity contribution in [2.45, 2.75) is 6.61 Å². The lowest BCUT2D eigenvalue weighted by Gasteiger charge is -2.04. The zero-order chi connectivity index (χ0) is 10.2. The smallest absolute Gasteiger partial charge is 0.215 e. The highest BCUT2D eigenvalue weighted by Crippen LogP contribution is 2.11. The van der Waals surface area contributed by atoms with Crippen molar-refractivity contribution >= 4 is 6.29 Å². The minimum Gasteiger partial charge on any atom is -0.497 e. The molecule has 0 fully saturated rings. The van der Waals surface area contributed by atoms with E-state index in [-0.39, 0.29) is 6.54 Å². The van der Waals surface area contributed by atoms with Gasteiger partial charge in [-0.2, -0.15) is 5.48 Å². The van der Waals surface area contributed by atoms with Gasteiger partial charge in [0, 0.05) is 0 Å². The second-order valence-corrected chi connectivity index (χ2v) is 2.60. The molecule has 1 rings (SSSR count). The van der Waals surface area contributed by atoms with Crippen molar-refractivity contribution in [2.75, 3.05) is 13.7 Å². The predicted octanol–water partition coefficient (Wildman–Crippen LogP) is 0.826. The van der Waals surface area contributed by atoms with Crippen LogP contribution in [0, 0.1) is 0 Å². The van der Waals surface area contributed by atoms with E-state index in [2.05, 4.69) is 5.48 Å². The van der Waals surface area contributed by atoms with E-state index in [1.165, 1.54) is 0 Å². The van der Waals surface area contributed by atoms with Gasteiger partial charge >= 0.3 is 0 Å². The molecule has 14 heavy (non-hydrogen) atoms. The number of carbonyl (C=O) groups excluding carboxylic acids is 1. The van der Waals surface area contributed by atoms with Crippen molar-refractivity contribution in [3.8, 4) is 5.75 Å². The van der Waals surface area contributed by atoms with Gasteiger partial charge in [0.05, 0.1) is 20.3 Å². The quantitative estimate of drug-likeness (QED) is 0.538. The summed E-state index contributed by atoms with van der Waals surface area (Å²) in [6, 6.07) is 7.49. The summed E-state index contributed by atoms with van der Waals surface area (Å²) < 4.78 is 5.00. The number of nitrogens with one attached hydrogen (secondary N) is 1. The van der Waals surface area contributed by atoms with Crippen LogP contribution in [0.3, 0.4) is 0 Å². The molecule has 0 atom stereocenters. The Bertz CT molecular complexity index is 271. The first-order valence-corrected chi connectivity index (χ1v) is 4.19. The van der Waals surface area contributed by atoms with Crippen molar-refractivity contribution in [3.63, 3.8) is 0 Å². The summed E-state index contributed by atoms with van der Waals surface area (Å²) in [6.45, 7) is 0.488. The molecule has 0 saturated heterocycles. The molecule has 0 aliphatic rings. The Kier molecular flexibility index (Phi) is 4.68. The van der Waals surface area contributed by atoms with Crippen LogP contribution in [0.15, 0.2) is 24.3 Å². The van der Waals surface area contributed by atoms with Crippen molar-refractivity contribution in [1.29, 1.82) is 0 Å². The molecule has 1 aromatic rings. The Labute approximate surface area is 82.8 Å². The zero-order valence-electron chi connectivity index (χ0n) is 7.95. The van der Waals surface area contributed by atoms with E-state index >= 15 is 0 Å². The van der Waals surface area contributed by atoms with Gasteiger partial charge in [0.25, 0.3) is 0 Å². The van der Waals surface area contributed by atoms with Crippen LogP contribution in [0.1, 0.15) is 5.56 Å². The Hall–Kier alpha value is -1.39. The summed E-state index contributed by atoms with van der Waals surface area (Å²) in [4.78, 5) is 14.8. The summed E-state index contributed by atoms with van der Waals surface area (Å²) in [5, 5.41) is 0. The summed E-state index contributed by atoms with van der Waals surface area (Å²) in [7, 11) is 1.62. The molecule has 75 valence electrons. The average molecular weight is 194 g/mol. The minimum absolute atomic E-state index is 0.0795. The van der Waals surface area contributed by atoms with Gasteiger partial charge in [-0.25, -0.2) is 0 Å². The van der Waals surface area contributed by atoms with Gasteiger partial charge in [0.1, 0.15) is 5.75 Å². The van der Waals surface area contributed by atoms with Crippen LogP contribution >= 0.6 is 0 Å². The molecule has 0 saturated carbocycles. The number of hydrogen-bond acceptors (Lipinski definition) is 4. The number of hydrogen-bond donors (Lipinski definition) is 1. The summed E-state index contributed by atoms with van der Waals surface area (Å²) in [6.07, 6.45) is 1.67. The maximum Gasteiger partial charge on any atom is 0.215 e. The van der Waals surface area contributed by atoms with E-state index in [4.69, 9.17) is 9.57 Å². The molecule has 1 N–H and O–H groups in total. The van der Waals surface area contributed by atoms with E-state index < -0.39 is 0 Å². The van der Waals surface area contributed by atoms with Gasteiger partial charge in [-0.1, -0.05) is 12.1 Å². The number of methoxy groups -OCH3 is 1. The third kappa shape index (κ3) is 3.55. The third-order valence-electron chi connectivity index (χ3n) is 1.64. The maximum absolute atomic E-state index is 9.82. The fraction of sp³-hybridized carbons (Fsp3) is 0.300. The molecular weight excluding hydrogens is 182 g/mol. The van der Waals surface area contributed by atoms with Gasteiger partial charge in [0.2, 0.25) is 6.29 Å². The minimum atomic E-state index is 0.0795. The molecule has 4 nitrogen and oxygen atoms in total. The lowest BCUT2D eigenvalue weighted by molar-refractivity contribution is 0.0373. The molecule has 0 aromatic heterocycles. The number of rotatable bonds is 6. The SMILES string of the molecule is COc1ccc(CONC[C]=O)cc1. The zero-order valence-corrected chi connectivity index (χ0v) is 7.95. The van der Waals surface area contributed by atoms with Crippen molar-refractivity contribution in [1.82, 2.24) is 5.48 Å². The van der Waals surface area contributed by atoms with E-state index in [0.29, 0.717) is 6.61 Å². The van der Waals surface area contributed by atoms with Crippen LogP contribution < -0.4 is 10.2 Å². The first-order chi connectivity index (χ1) is 6.86. The second-order valence-electron chi connectivity index (χ2n) is 2.60. The Morgan fingerprint density at radius 3 is 2.64 bits per heavy atom. The van der Waals surface area contributed by atoms with Crippen LogP contribution in [0.5, 0.6) is 5.75 Å². The lowest BCUT2D eigenvalue weighted by atomic mass is 10.2. The van der Waals surface area contributed by atoms with Gasteiger partial charge < -0.3 is 4.74 Å². The first-order valence-electron chi connectivity index (χ1n) is 4.19. The summed E-state index contributed by atoms with van der Waals surface area (Å²) in [5.41, 5.74) is 3.46. The molecule has 0 amide bonds. The summed E-state index contributed by atoms with van der Waals surface area (Å²) in [5.74, 6) is 0.808. The van der Waals surface area contributed by atoms with Gasteiger partial charge in [-0.05, 0) is 17.7 Å². The topological polar surface area (TPSA) is 47.6 Å². The average Bonchev–Trinajstić information content (AvgIpc) is 2.25. The Morgan fingerprint density at radius 1 is 1.36 bits per heavy atom. The molecule has 1 radical (unpaired) electrons. The fourth-order valence-electron chi connectivity index (χ4n) is 0.937. The molecule has 4 heteroatoms. The highest BCUT2D eigenvalue weighted by molar-refractivity contribution is 5.52. The van der Waals surface area contributed by atoms with Crippen LogP contribution in [0.4, 0.5) is 0 Å². The molecule has 0 unspecified atom stereocenters. The molecular formula is C10H12NO3. The van der Waals surface area contributed by atoms with E-state index in [1.807, 2.05) is 24.3 Å². The molecule has 1 aromatic carbocycles. The number of hydroxylamine groups is 1. The van der Waals surface area contributed by atoms with Crippen molar-refractivity contribution in [3.05, 3.63) is 29.8 Å². The standard InChI is InChI=1S/C10H12NO3/c1-13-10-4-2-9(3-5-10)8-14-11-6-7-12/h2-5,11H,6,8H2,1H3. The molecule has 0 spiro atoms. The number of ether oxygens (including phenoxy) is 1. The highest BCUT2D eigenvalue weighted by atomic mass is 16.6. The van der Waals surface area contributed by atoms with Gasteiger partial charge in [0.15, 0.2) is 0 Å². The van der Waals surface area contributed by atoms with Crippen molar-refractivity contribution in [2.24, 2.45) is 0 Å². The molecule has 0 aliphatic heterocycles. The van der Waals surface area contributed by atoms with Crippen LogP contribution in [-0.4, -0.2) is 19.9 Å². The molecule has 0 aliphatic carbocycles. The van der Waals surface area contributed by atoms with Gasteiger partial charge in [-0.15, -0.1) is 0 Å². The van der Waals surface area contributed by atoms with Crippen LogP contribution in [0.2, 0.25) is 0 Å². The van der Waals surface area contributed by atoms with Crippen LogP contribution in [0.25, 0.3) is 0 Å². The highest BCUT2D eigenvalue weighted by Gasteiger charge is 1.94. The van der Waals surface area contributed by atoms with Gasteiger partial charge in [-0.3, -0.25) is 9.63 Å². The van der Waals surface area contributed by atoms with E-state index in [1.54, 1.807) is 13.4 Å². The number of benzene rings is 1. The van der Waals surface area contributed by atoms with Crippen LogP contribution in [-0.2, 0) is 16.2 Å². The van der Waals surface area contributed by atoms with E-state index in [0.717, 1.165) is 11.3 Å². The summed E-state index contributed by atoms with van der Waals surface area (Å²) >= 11 is 0.